The van der Waals surface area contributed by atoms with Gasteiger partial charge in [-0.05, 0) is 67.2 Å². The number of halogens is 1. The predicted octanol–water partition coefficient (Wildman–Crippen LogP) is 3.21. The molecule has 0 atom stereocenters. The Labute approximate surface area is 151 Å². The summed E-state index contributed by atoms with van der Waals surface area (Å²) in [6.45, 7) is 11.9. The molecule has 6 heteroatoms. The van der Waals surface area contributed by atoms with Crippen LogP contribution in [0.15, 0.2) is 4.99 Å². The number of ether oxygens (including phenoxy) is 1. The van der Waals surface area contributed by atoms with E-state index in [1.807, 2.05) is 20.8 Å². The summed E-state index contributed by atoms with van der Waals surface area (Å²) in [6, 6.07) is 0.207. The number of carbonyl (C=O) groups excluding carboxylic acids is 1. The molecule has 130 valence electrons. The molecule has 0 heterocycles. The lowest BCUT2D eigenvalue weighted by molar-refractivity contribution is -0.161. The number of esters is 1. The van der Waals surface area contributed by atoms with Crippen molar-refractivity contribution in [1.29, 1.82) is 0 Å². The topological polar surface area (TPSA) is 76.7 Å². The van der Waals surface area contributed by atoms with E-state index in [1.165, 1.54) is 0 Å². The molecule has 0 radical (unpaired) electrons. The Bertz CT molecular complexity index is 389. The second-order valence-electron chi connectivity index (χ2n) is 7.93. The first kappa shape index (κ1) is 21.5. The van der Waals surface area contributed by atoms with Gasteiger partial charge in [0.2, 0.25) is 0 Å². The highest BCUT2D eigenvalue weighted by Crippen LogP contribution is 2.28. The van der Waals surface area contributed by atoms with Crippen LogP contribution >= 0.6 is 24.0 Å². The van der Waals surface area contributed by atoms with Crippen molar-refractivity contribution in [2.75, 3.05) is 0 Å². The molecule has 0 saturated heterocycles. The van der Waals surface area contributed by atoms with Gasteiger partial charge in [0.25, 0.3) is 0 Å². The van der Waals surface area contributed by atoms with Gasteiger partial charge < -0.3 is 15.8 Å². The summed E-state index contributed by atoms with van der Waals surface area (Å²) in [5.41, 5.74) is 5.42. The molecule has 1 fully saturated rings. The zero-order valence-electron chi connectivity index (χ0n) is 14.7. The standard InChI is InChI=1S/C16H31N3O2.HI/c1-15(2,3)19-14(17)18-12-9-7-11(8-10-12)13(20)21-16(4,5)6;/h11-12H,7-10H2,1-6H3,(H3,17,18,19);1H. The van der Waals surface area contributed by atoms with Gasteiger partial charge >= 0.3 is 5.97 Å². The van der Waals surface area contributed by atoms with E-state index < -0.39 is 5.60 Å². The van der Waals surface area contributed by atoms with Crippen molar-refractivity contribution in [2.24, 2.45) is 16.6 Å². The number of aliphatic imine (C=N–C) groups is 1. The van der Waals surface area contributed by atoms with Crippen molar-refractivity contribution in [3.63, 3.8) is 0 Å². The van der Waals surface area contributed by atoms with Crippen LogP contribution in [0.2, 0.25) is 0 Å². The van der Waals surface area contributed by atoms with E-state index in [4.69, 9.17) is 10.5 Å². The quantitative estimate of drug-likeness (QED) is 0.308. The minimum absolute atomic E-state index is 0. The average Bonchev–Trinajstić information content (AvgIpc) is 2.24. The summed E-state index contributed by atoms with van der Waals surface area (Å²) in [5, 5.41) is 3.17. The maximum Gasteiger partial charge on any atom is 0.309 e. The Morgan fingerprint density at radius 1 is 1.09 bits per heavy atom. The van der Waals surface area contributed by atoms with Gasteiger partial charge in [-0.25, -0.2) is 0 Å². The van der Waals surface area contributed by atoms with Crippen LogP contribution in [-0.2, 0) is 9.53 Å². The molecule has 0 bridgehead atoms. The van der Waals surface area contributed by atoms with Gasteiger partial charge in [-0.15, -0.1) is 24.0 Å². The lowest BCUT2D eigenvalue weighted by atomic mass is 9.86. The second-order valence-corrected chi connectivity index (χ2v) is 7.93. The Morgan fingerprint density at radius 3 is 2.00 bits per heavy atom. The zero-order chi connectivity index (χ0) is 16.3. The monoisotopic (exact) mass is 425 g/mol. The van der Waals surface area contributed by atoms with Crippen molar-refractivity contribution in [3.05, 3.63) is 0 Å². The van der Waals surface area contributed by atoms with E-state index in [0.29, 0.717) is 5.96 Å². The van der Waals surface area contributed by atoms with Crippen LogP contribution in [-0.4, -0.2) is 29.1 Å². The van der Waals surface area contributed by atoms with Crippen molar-refractivity contribution in [1.82, 2.24) is 5.32 Å². The van der Waals surface area contributed by atoms with Gasteiger partial charge in [-0.1, -0.05) is 0 Å². The van der Waals surface area contributed by atoms with Gasteiger partial charge in [0.1, 0.15) is 5.60 Å². The number of rotatable bonds is 2. The molecule has 0 aromatic rings. The van der Waals surface area contributed by atoms with Crippen LogP contribution in [0.3, 0.4) is 0 Å². The first-order valence-corrected chi connectivity index (χ1v) is 7.80. The highest BCUT2D eigenvalue weighted by atomic mass is 127. The number of guanidine groups is 1. The Kier molecular flexibility index (Phi) is 8.16. The van der Waals surface area contributed by atoms with Gasteiger partial charge in [0.15, 0.2) is 5.96 Å². The molecule has 0 aliphatic heterocycles. The third-order valence-electron chi connectivity index (χ3n) is 3.26. The number of nitrogens with two attached hydrogens (primary N) is 1. The summed E-state index contributed by atoms with van der Waals surface area (Å²) in [4.78, 5) is 16.6. The molecule has 5 nitrogen and oxygen atoms in total. The molecule has 0 aromatic carbocycles. The van der Waals surface area contributed by atoms with Crippen molar-refractivity contribution < 1.29 is 9.53 Å². The van der Waals surface area contributed by atoms with Crippen molar-refractivity contribution in [3.8, 4) is 0 Å². The number of hydrogen-bond donors (Lipinski definition) is 2. The van der Waals surface area contributed by atoms with Crippen LogP contribution in [0.25, 0.3) is 0 Å². The first-order valence-electron chi connectivity index (χ1n) is 7.80. The first-order chi connectivity index (χ1) is 9.46. The predicted molar refractivity (Wildman–Crippen MR) is 102 cm³/mol. The number of nitrogens with zero attached hydrogens (tertiary/aromatic N) is 1. The third kappa shape index (κ3) is 8.80. The van der Waals surface area contributed by atoms with Gasteiger partial charge in [-0.3, -0.25) is 9.79 Å². The third-order valence-corrected chi connectivity index (χ3v) is 3.26. The van der Waals surface area contributed by atoms with E-state index >= 15 is 0 Å². The van der Waals surface area contributed by atoms with Crippen molar-refractivity contribution >= 4 is 35.9 Å². The maximum absolute atomic E-state index is 12.0. The lowest BCUT2D eigenvalue weighted by Crippen LogP contribution is -2.45. The molecule has 1 aliphatic carbocycles. The normalized spacial score (nSPS) is 23.5. The van der Waals surface area contributed by atoms with Crippen LogP contribution < -0.4 is 11.1 Å². The van der Waals surface area contributed by atoms with Crippen LogP contribution in [0.4, 0.5) is 0 Å². The van der Waals surface area contributed by atoms with E-state index in [0.717, 1.165) is 25.7 Å². The van der Waals surface area contributed by atoms with Crippen LogP contribution in [0.5, 0.6) is 0 Å². The summed E-state index contributed by atoms with van der Waals surface area (Å²) >= 11 is 0. The number of nitrogens with one attached hydrogen (secondary N) is 1. The fraction of sp³-hybridized carbons (Fsp3) is 0.875. The zero-order valence-corrected chi connectivity index (χ0v) is 17.1. The second kappa shape index (κ2) is 8.36. The van der Waals surface area contributed by atoms with Crippen molar-refractivity contribution in [2.45, 2.75) is 84.4 Å². The summed E-state index contributed by atoms with van der Waals surface area (Å²) < 4.78 is 5.45. The molecule has 0 spiro atoms. The van der Waals surface area contributed by atoms with Crippen LogP contribution in [0, 0.1) is 5.92 Å². The minimum Gasteiger partial charge on any atom is -0.460 e. The summed E-state index contributed by atoms with van der Waals surface area (Å²) in [6.07, 6.45) is 3.42. The molecular formula is C16H32IN3O2. The SMILES string of the molecule is CC(C)(C)NC(N)=NC1CCC(C(=O)OC(C)(C)C)CC1.I. The summed E-state index contributed by atoms with van der Waals surface area (Å²) in [5.74, 6) is 0.418. The number of hydrogen-bond acceptors (Lipinski definition) is 3. The maximum atomic E-state index is 12.0. The highest BCUT2D eigenvalue weighted by molar-refractivity contribution is 14.0. The van der Waals surface area contributed by atoms with E-state index in [-0.39, 0.29) is 47.4 Å². The Balaban J connectivity index is 0.00000441. The highest BCUT2D eigenvalue weighted by Gasteiger charge is 2.30. The number of carbonyl (C=O) groups is 1. The minimum atomic E-state index is -0.410. The molecule has 1 saturated carbocycles. The van der Waals surface area contributed by atoms with Gasteiger partial charge in [0.05, 0.1) is 12.0 Å². The molecule has 3 N–H and O–H groups in total. The molecular weight excluding hydrogens is 393 g/mol. The average molecular weight is 425 g/mol. The van der Waals surface area contributed by atoms with E-state index in [9.17, 15) is 4.79 Å². The Hall–Kier alpha value is -0.530. The smallest absolute Gasteiger partial charge is 0.309 e. The molecule has 0 aromatic heterocycles. The largest absolute Gasteiger partial charge is 0.460 e. The fourth-order valence-electron chi connectivity index (χ4n) is 2.44. The molecule has 22 heavy (non-hydrogen) atoms. The fourth-order valence-corrected chi connectivity index (χ4v) is 2.44. The van der Waals surface area contributed by atoms with E-state index in [1.54, 1.807) is 0 Å². The molecule has 0 amide bonds. The van der Waals surface area contributed by atoms with Crippen LogP contribution in [0.1, 0.15) is 67.2 Å². The summed E-state index contributed by atoms with van der Waals surface area (Å²) in [7, 11) is 0. The Morgan fingerprint density at radius 2 is 1.59 bits per heavy atom. The molecule has 0 unspecified atom stereocenters. The lowest BCUT2D eigenvalue weighted by Gasteiger charge is -2.29. The van der Waals surface area contributed by atoms with E-state index in [2.05, 4.69) is 31.1 Å². The molecule has 1 rings (SSSR count). The van der Waals surface area contributed by atoms with Gasteiger partial charge in [0, 0.05) is 5.54 Å². The molecule has 1 aliphatic rings. The van der Waals surface area contributed by atoms with Gasteiger partial charge in [-0.2, -0.15) is 0 Å².